The van der Waals surface area contributed by atoms with Gasteiger partial charge in [-0.2, -0.15) is 5.26 Å². The third kappa shape index (κ3) is 3.03. The molecule has 1 fully saturated rings. The molecule has 1 aromatic carbocycles. The Labute approximate surface area is 118 Å². The van der Waals surface area contributed by atoms with Crippen LogP contribution >= 0.6 is 0 Å². The number of nitrogens with one attached hydrogen (secondary N) is 1. The molecule has 1 saturated heterocycles. The quantitative estimate of drug-likeness (QED) is 0.830. The van der Waals surface area contributed by atoms with Crippen LogP contribution in [0.2, 0.25) is 0 Å². The molecule has 0 aliphatic carbocycles. The molecule has 2 rings (SSSR count). The molecule has 1 heterocycles. The summed E-state index contributed by atoms with van der Waals surface area (Å²) in [7, 11) is 0. The third-order valence-corrected chi connectivity index (χ3v) is 3.51. The van der Waals surface area contributed by atoms with Crippen molar-refractivity contribution in [3.05, 3.63) is 35.9 Å². The molecule has 0 radical (unpaired) electrons. The lowest BCUT2D eigenvalue weighted by Gasteiger charge is -2.34. The first kappa shape index (κ1) is 14.2. The van der Waals surface area contributed by atoms with Crippen molar-refractivity contribution in [3.8, 4) is 6.07 Å². The molecular formula is C15H17N3O2. The number of carbonyl (C=O) groups excluding carboxylic acids is 2. The van der Waals surface area contributed by atoms with Crippen molar-refractivity contribution in [1.29, 1.82) is 5.26 Å². The van der Waals surface area contributed by atoms with Crippen LogP contribution in [0.5, 0.6) is 0 Å². The van der Waals surface area contributed by atoms with Gasteiger partial charge in [-0.3, -0.25) is 19.8 Å². The third-order valence-electron chi connectivity index (χ3n) is 3.51. The number of piperazine rings is 1. The van der Waals surface area contributed by atoms with E-state index in [0.717, 1.165) is 5.56 Å². The van der Waals surface area contributed by atoms with E-state index in [-0.39, 0.29) is 30.3 Å². The average molecular weight is 271 g/mol. The predicted octanol–water partition coefficient (Wildman–Crippen LogP) is 1.03. The summed E-state index contributed by atoms with van der Waals surface area (Å²) in [6.45, 7) is 2.45. The van der Waals surface area contributed by atoms with Gasteiger partial charge < -0.3 is 0 Å². The van der Waals surface area contributed by atoms with Gasteiger partial charge in [0.2, 0.25) is 11.8 Å². The minimum atomic E-state index is -0.344. The first-order valence-corrected chi connectivity index (χ1v) is 6.68. The zero-order valence-electron chi connectivity index (χ0n) is 11.4. The number of benzene rings is 1. The van der Waals surface area contributed by atoms with Crippen molar-refractivity contribution in [2.75, 3.05) is 13.1 Å². The van der Waals surface area contributed by atoms with E-state index in [1.165, 1.54) is 0 Å². The normalized spacial score (nSPS) is 21.1. The molecule has 1 aliphatic rings. The van der Waals surface area contributed by atoms with Crippen molar-refractivity contribution >= 4 is 11.8 Å². The topological polar surface area (TPSA) is 73.2 Å². The molecule has 2 atom stereocenters. The highest BCUT2D eigenvalue weighted by atomic mass is 16.2. The van der Waals surface area contributed by atoms with Gasteiger partial charge in [0, 0.05) is 6.54 Å². The zero-order valence-corrected chi connectivity index (χ0v) is 11.4. The first-order valence-electron chi connectivity index (χ1n) is 6.68. The molecule has 2 amide bonds. The van der Waals surface area contributed by atoms with E-state index >= 15 is 0 Å². The molecule has 5 nitrogen and oxygen atoms in total. The summed E-state index contributed by atoms with van der Waals surface area (Å²) in [5.41, 5.74) is 0.906. The Morgan fingerprint density at radius 3 is 2.70 bits per heavy atom. The molecule has 0 aromatic heterocycles. The second-order valence-electron chi connectivity index (χ2n) is 4.86. The Hall–Kier alpha value is -2.19. The van der Waals surface area contributed by atoms with Gasteiger partial charge in [0.15, 0.2) is 0 Å². The van der Waals surface area contributed by atoms with Crippen molar-refractivity contribution in [2.45, 2.75) is 25.3 Å². The van der Waals surface area contributed by atoms with E-state index in [1.807, 2.05) is 37.3 Å². The highest BCUT2D eigenvalue weighted by Gasteiger charge is 2.33. The van der Waals surface area contributed by atoms with E-state index in [9.17, 15) is 14.9 Å². The summed E-state index contributed by atoms with van der Waals surface area (Å²) in [5.74, 6) is -0.915. The summed E-state index contributed by atoms with van der Waals surface area (Å²) in [4.78, 5) is 25.1. The largest absolute Gasteiger partial charge is 0.294 e. The molecule has 2 unspecified atom stereocenters. The van der Waals surface area contributed by atoms with Gasteiger partial charge in [-0.25, -0.2) is 0 Å². The number of imide groups is 1. The molecule has 0 saturated carbocycles. The van der Waals surface area contributed by atoms with E-state index in [4.69, 9.17) is 0 Å². The number of hydrogen-bond acceptors (Lipinski definition) is 4. The maximum absolute atomic E-state index is 11.8. The number of amides is 2. The van der Waals surface area contributed by atoms with Crippen molar-refractivity contribution < 1.29 is 9.59 Å². The second kappa shape index (κ2) is 6.31. The van der Waals surface area contributed by atoms with Crippen LogP contribution in [0.1, 0.15) is 24.8 Å². The van der Waals surface area contributed by atoms with Crippen molar-refractivity contribution in [3.63, 3.8) is 0 Å². The Morgan fingerprint density at radius 2 is 2.10 bits per heavy atom. The maximum Gasteiger partial charge on any atom is 0.243 e. The fraction of sp³-hybridized carbons (Fsp3) is 0.400. The zero-order chi connectivity index (χ0) is 14.5. The molecule has 1 N–H and O–H groups in total. The summed E-state index contributed by atoms with van der Waals surface area (Å²) in [6.07, 6.45) is 0.617. The second-order valence-corrected chi connectivity index (χ2v) is 4.86. The monoisotopic (exact) mass is 271 g/mol. The lowest BCUT2D eigenvalue weighted by molar-refractivity contribution is -0.140. The molecule has 5 heteroatoms. The van der Waals surface area contributed by atoms with Crippen LogP contribution in [-0.4, -0.2) is 35.8 Å². The summed E-state index contributed by atoms with van der Waals surface area (Å²) in [6, 6.07) is 11.3. The lowest BCUT2D eigenvalue weighted by Crippen LogP contribution is -2.58. The van der Waals surface area contributed by atoms with Gasteiger partial charge in [-0.15, -0.1) is 0 Å². The van der Waals surface area contributed by atoms with E-state index < -0.39 is 0 Å². The SMILES string of the molecule is CCC1C(=O)NC(=O)CN1CC(C#N)c1ccccc1. The Bertz CT molecular complexity index is 536. The molecule has 20 heavy (non-hydrogen) atoms. The van der Waals surface area contributed by atoms with Crippen LogP contribution in [0.4, 0.5) is 0 Å². The number of carbonyl (C=O) groups is 2. The standard InChI is InChI=1S/C15H17N3O2/c1-2-13-15(20)17-14(19)10-18(13)9-12(8-16)11-6-4-3-5-7-11/h3-7,12-13H,2,9-10H2,1H3,(H,17,19,20). The number of nitriles is 1. The Kier molecular flexibility index (Phi) is 4.49. The Morgan fingerprint density at radius 1 is 1.40 bits per heavy atom. The van der Waals surface area contributed by atoms with Crippen LogP contribution in [0.3, 0.4) is 0 Å². The number of hydrogen-bond donors (Lipinski definition) is 1. The van der Waals surface area contributed by atoms with Crippen LogP contribution in [0.15, 0.2) is 30.3 Å². The maximum atomic E-state index is 11.8. The van der Waals surface area contributed by atoms with Crippen molar-refractivity contribution in [2.24, 2.45) is 0 Å². The fourth-order valence-electron chi connectivity index (χ4n) is 2.50. The molecule has 0 spiro atoms. The fourth-order valence-corrected chi connectivity index (χ4v) is 2.50. The first-order chi connectivity index (χ1) is 9.65. The summed E-state index contributed by atoms with van der Waals surface area (Å²) >= 11 is 0. The van der Waals surface area contributed by atoms with Gasteiger partial charge in [-0.1, -0.05) is 37.3 Å². The molecule has 1 aliphatic heterocycles. The van der Waals surface area contributed by atoms with Gasteiger partial charge in [0.1, 0.15) is 0 Å². The molecule has 0 bridgehead atoms. The Balaban J connectivity index is 2.15. The van der Waals surface area contributed by atoms with Gasteiger partial charge >= 0.3 is 0 Å². The van der Waals surface area contributed by atoms with E-state index in [2.05, 4.69) is 11.4 Å². The average Bonchev–Trinajstić information content (AvgIpc) is 2.45. The highest BCUT2D eigenvalue weighted by Crippen LogP contribution is 2.19. The van der Waals surface area contributed by atoms with Crippen LogP contribution in [-0.2, 0) is 9.59 Å². The van der Waals surface area contributed by atoms with Gasteiger partial charge in [0.05, 0.1) is 24.6 Å². The van der Waals surface area contributed by atoms with Crippen molar-refractivity contribution in [1.82, 2.24) is 10.2 Å². The highest BCUT2D eigenvalue weighted by molar-refractivity contribution is 6.01. The predicted molar refractivity (Wildman–Crippen MR) is 73.6 cm³/mol. The molecule has 1 aromatic rings. The number of rotatable bonds is 4. The smallest absolute Gasteiger partial charge is 0.243 e. The molecule has 104 valence electrons. The van der Waals surface area contributed by atoms with Gasteiger partial charge in [-0.05, 0) is 12.0 Å². The van der Waals surface area contributed by atoms with Crippen LogP contribution < -0.4 is 5.32 Å². The van der Waals surface area contributed by atoms with E-state index in [1.54, 1.807) is 4.90 Å². The lowest BCUT2D eigenvalue weighted by atomic mass is 9.98. The van der Waals surface area contributed by atoms with Gasteiger partial charge in [0.25, 0.3) is 0 Å². The summed E-state index contributed by atoms with van der Waals surface area (Å²) in [5, 5.41) is 11.7. The number of nitrogens with zero attached hydrogens (tertiary/aromatic N) is 2. The van der Waals surface area contributed by atoms with Crippen LogP contribution in [0.25, 0.3) is 0 Å². The van der Waals surface area contributed by atoms with E-state index in [0.29, 0.717) is 13.0 Å². The minimum Gasteiger partial charge on any atom is -0.294 e. The minimum absolute atomic E-state index is 0.162. The van der Waals surface area contributed by atoms with Crippen LogP contribution in [0, 0.1) is 11.3 Å². The summed E-state index contributed by atoms with van der Waals surface area (Å²) < 4.78 is 0. The molecular weight excluding hydrogens is 254 g/mol.